The molecule has 0 aliphatic carbocycles. The van der Waals surface area contributed by atoms with E-state index in [4.69, 9.17) is 23.2 Å². The minimum atomic E-state index is -0.0535. The van der Waals surface area contributed by atoms with Gasteiger partial charge in [-0.3, -0.25) is 4.98 Å². The largest absolute Gasteiger partial charge is 0.392 e. The summed E-state index contributed by atoms with van der Waals surface area (Å²) in [6.45, 7) is 3.74. The summed E-state index contributed by atoms with van der Waals surface area (Å²) in [7, 11) is 0. The topological polar surface area (TPSA) is 33.1 Å². The van der Waals surface area contributed by atoms with Crippen molar-refractivity contribution in [2.45, 2.75) is 18.9 Å². The molecule has 1 atom stereocenters. The second-order valence-electron chi connectivity index (χ2n) is 4.45. The van der Waals surface area contributed by atoms with E-state index in [0.29, 0.717) is 16.5 Å². The third-order valence-corrected chi connectivity index (χ3v) is 3.73. The number of hydrogen-bond donors (Lipinski definition) is 1. The third-order valence-electron chi connectivity index (χ3n) is 3.17. The van der Waals surface area contributed by atoms with Crippen LogP contribution in [-0.4, -0.2) is 10.1 Å². The fourth-order valence-corrected chi connectivity index (χ4v) is 2.78. The van der Waals surface area contributed by atoms with E-state index in [1.807, 2.05) is 24.3 Å². The van der Waals surface area contributed by atoms with Crippen molar-refractivity contribution in [2.75, 3.05) is 0 Å². The molecule has 0 saturated heterocycles. The highest BCUT2D eigenvalue weighted by Crippen LogP contribution is 2.35. The summed E-state index contributed by atoms with van der Waals surface area (Å²) in [5.41, 5.74) is 2.55. The summed E-state index contributed by atoms with van der Waals surface area (Å²) in [4.78, 5) is 4.41. The minimum absolute atomic E-state index is 0.0411. The van der Waals surface area contributed by atoms with Gasteiger partial charge in [-0.15, -0.1) is 6.58 Å². The Morgan fingerprint density at radius 2 is 2.10 bits per heavy atom. The van der Waals surface area contributed by atoms with Crippen LogP contribution < -0.4 is 0 Å². The van der Waals surface area contributed by atoms with Crippen LogP contribution in [0.2, 0.25) is 10.0 Å². The van der Waals surface area contributed by atoms with Gasteiger partial charge in [0.05, 0.1) is 12.3 Å². The molecule has 0 radical (unpaired) electrons. The lowest BCUT2D eigenvalue weighted by Crippen LogP contribution is -2.07. The predicted molar refractivity (Wildman–Crippen MR) is 83.3 cm³/mol. The van der Waals surface area contributed by atoms with Crippen molar-refractivity contribution in [3.8, 4) is 0 Å². The maximum absolute atomic E-state index is 9.48. The second-order valence-corrected chi connectivity index (χ2v) is 5.29. The lowest BCUT2D eigenvalue weighted by atomic mass is 9.89. The van der Waals surface area contributed by atoms with Crippen LogP contribution in [0.5, 0.6) is 0 Å². The van der Waals surface area contributed by atoms with Gasteiger partial charge in [-0.25, -0.2) is 0 Å². The summed E-state index contributed by atoms with van der Waals surface area (Å²) < 4.78 is 0. The van der Waals surface area contributed by atoms with Gasteiger partial charge >= 0.3 is 0 Å². The number of hydrogen-bond acceptors (Lipinski definition) is 2. The van der Waals surface area contributed by atoms with E-state index in [1.54, 1.807) is 18.3 Å². The smallest absolute Gasteiger partial charge is 0.0699 e. The molecule has 20 heavy (non-hydrogen) atoms. The molecule has 4 heteroatoms. The second kappa shape index (κ2) is 6.89. The number of rotatable bonds is 5. The molecular weight excluding hydrogens is 293 g/mol. The monoisotopic (exact) mass is 307 g/mol. The highest BCUT2D eigenvalue weighted by molar-refractivity contribution is 6.35. The molecule has 1 aromatic heterocycles. The third kappa shape index (κ3) is 3.21. The number of allylic oxidation sites excluding steroid dienone is 1. The SMILES string of the molecule is C=CCC(c1ccc(Cl)cc1Cl)c1ncccc1CO. The Morgan fingerprint density at radius 1 is 1.30 bits per heavy atom. The Kier molecular flexibility index (Phi) is 5.18. The first kappa shape index (κ1) is 15.0. The van der Waals surface area contributed by atoms with Crippen molar-refractivity contribution in [3.63, 3.8) is 0 Å². The maximum Gasteiger partial charge on any atom is 0.0699 e. The number of halogens is 2. The predicted octanol–water partition coefficient (Wildman–Crippen LogP) is 4.59. The van der Waals surface area contributed by atoms with Crippen molar-refractivity contribution in [1.29, 1.82) is 0 Å². The average molecular weight is 308 g/mol. The van der Waals surface area contributed by atoms with E-state index in [2.05, 4.69) is 11.6 Å². The molecule has 0 aliphatic heterocycles. The zero-order valence-corrected chi connectivity index (χ0v) is 12.4. The van der Waals surface area contributed by atoms with Gasteiger partial charge in [0, 0.05) is 22.2 Å². The molecule has 0 bridgehead atoms. The summed E-state index contributed by atoms with van der Waals surface area (Å²) in [5, 5.41) is 10.7. The Hall–Kier alpha value is -1.35. The molecule has 2 rings (SSSR count). The number of aromatic nitrogens is 1. The van der Waals surface area contributed by atoms with Gasteiger partial charge < -0.3 is 5.11 Å². The van der Waals surface area contributed by atoms with Crippen LogP contribution in [0.3, 0.4) is 0 Å². The van der Waals surface area contributed by atoms with E-state index < -0.39 is 0 Å². The quantitative estimate of drug-likeness (QED) is 0.820. The van der Waals surface area contributed by atoms with Crippen LogP contribution in [0.4, 0.5) is 0 Å². The molecule has 1 N–H and O–H groups in total. The van der Waals surface area contributed by atoms with Gasteiger partial charge in [0.25, 0.3) is 0 Å². The molecule has 0 aliphatic rings. The zero-order chi connectivity index (χ0) is 14.5. The number of pyridine rings is 1. The molecule has 0 amide bonds. The highest BCUT2D eigenvalue weighted by atomic mass is 35.5. The number of nitrogens with zero attached hydrogens (tertiary/aromatic N) is 1. The summed E-state index contributed by atoms with van der Waals surface area (Å²) in [6, 6.07) is 9.09. The molecule has 2 nitrogen and oxygen atoms in total. The normalized spacial score (nSPS) is 12.2. The van der Waals surface area contributed by atoms with Crippen molar-refractivity contribution in [1.82, 2.24) is 4.98 Å². The summed E-state index contributed by atoms with van der Waals surface area (Å²) >= 11 is 12.2. The Labute approximate surface area is 128 Å². The molecule has 2 aromatic rings. The number of aliphatic hydroxyl groups is 1. The average Bonchev–Trinajstić information content (AvgIpc) is 2.45. The highest BCUT2D eigenvalue weighted by Gasteiger charge is 2.20. The molecule has 1 heterocycles. The fraction of sp³-hybridized carbons (Fsp3) is 0.188. The lowest BCUT2D eigenvalue weighted by Gasteiger charge is -2.19. The van der Waals surface area contributed by atoms with E-state index in [0.717, 1.165) is 16.8 Å². The summed E-state index contributed by atoms with van der Waals surface area (Å²) in [5.74, 6) is -0.0411. The maximum atomic E-state index is 9.48. The molecular formula is C16H15Cl2NO. The first-order chi connectivity index (χ1) is 9.67. The van der Waals surface area contributed by atoms with Crippen LogP contribution in [0.15, 0.2) is 49.2 Å². The lowest BCUT2D eigenvalue weighted by molar-refractivity contribution is 0.279. The van der Waals surface area contributed by atoms with Crippen molar-refractivity contribution < 1.29 is 5.11 Å². The molecule has 0 fully saturated rings. The first-order valence-electron chi connectivity index (χ1n) is 6.28. The van der Waals surface area contributed by atoms with Crippen molar-refractivity contribution in [3.05, 3.63) is 76.0 Å². The van der Waals surface area contributed by atoms with Gasteiger partial charge in [0.15, 0.2) is 0 Å². The van der Waals surface area contributed by atoms with E-state index >= 15 is 0 Å². The van der Waals surface area contributed by atoms with Gasteiger partial charge in [-0.1, -0.05) is 41.4 Å². The van der Waals surface area contributed by atoms with Crippen LogP contribution in [-0.2, 0) is 6.61 Å². The number of aliphatic hydroxyl groups excluding tert-OH is 1. The van der Waals surface area contributed by atoms with E-state index in [1.165, 1.54) is 0 Å². The molecule has 0 spiro atoms. The molecule has 104 valence electrons. The zero-order valence-electron chi connectivity index (χ0n) is 10.9. The van der Waals surface area contributed by atoms with E-state index in [9.17, 15) is 5.11 Å². The van der Waals surface area contributed by atoms with Gasteiger partial charge in [0.1, 0.15) is 0 Å². The molecule has 1 aromatic carbocycles. The Balaban J connectivity index is 2.53. The molecule has 1 unspecified atom stereocenters. The van der Waals surface area contributed by atoms with Gasteiger partial charge in [-0.05, 0) is 35.7 Å². The van der Waals surface area contributed by atoms with Gasteiger partial charge in [-0.2, -0.15) is 0 Å². The Bertz CT molecular complexity index is 613. The standard InChI is InChI=1S/C16H15Cl2NO/c1-2-4-14(13-7-6-12(17)9-15(13)18)16-11(10-20)5-3-8-19-16/h2-3,5-9,14,20H,1,4,10H2. The van der Waals surface area contributed by atoms with Crippen LogP contribution >= 0.6 is 23.2 Å². The van der Waals surface area contributed by atoms with Crippen molar-refractivity contribution in [2.24, 2.45) is 0 Å². The summed E-state index contributed by atoms with van der Waals surface area (Å²) in [6.07, 6.45) is 4.23. The number of benzene rings is 1. The van der Waals surface area contributed by atoms with Gasteiger partial charge in [0.2, 0.25) is 0 Å². The van der Waals surface area contributed by atoms with Crippen LogP contribution in [0.1, 0.15) is 29.2 Å². The first-order valence-corrected chi connectivity index (χ1v) is 7.03. The van der Waals surface area contributed by atoms with Crippen molar-refractivity contribution >= 4 is 23.2 Å². The minimum Gasteiger partial charge on any atom is -0.392 e. The molecule has 0 saturated carbocycles. The van der Waals surface area contributed by atoms with Crippen LogP contribution in [0, 0.1) is 0 Å². The Morgan fingerprint density at radius 3 is 2.75 bits per heavy atom. The fourth-order valence-electron chi connectivity index (χ4n) is 2.23. The van der Waals surface area contributed by atoms with E-state index in [-0.39, 0.29) is 12.5 Å². The van der Waals surface area contributed by atoms with Crippen LogP contribution in [0.25, 0.3) is 0 Å².